The Balaban J connectivity index is 1.83. The van der Waals surface area contributed by atoms with E-state index in [1.165, 1.54) is 6.92 Å². The number of fused-ring (bicyclic) bond motifs is 2. The first-order chi connectivity index (χ1) is 14.1. The van der Waals surface area contributed by atoms with Gasteiger partial charge in [0.05, 0.1) is 30.3 Å². The van der Waals surface area contributed by atoms with E-state index in [9.17, 15) is 15.0 Å². The molecule has 1 aliphatic heterocycles. The van der Waals surface area contributed by atoms with Crippen LogP contribution >= 0.6 is 0 Å². The normalized spacial score (nSPS) is 48.5. The molecule has 2 saturated carbocycles. The van der Waals surface area contributed by atoms with Crippen LogP contribution in [0, 0.1) is 22.7 Å². The number of ether oxygens (including phenoxy) is 3. The SMILES string of the molecule is CO[C@@H]1OC(c2ccoc2)C[C@@]12[C@@H](C)[C@@H](OC(C)=O)C[C@@]1(C)[C@H]2CC[C@H](O)[C@]1(C)O. The van der Waals surface area contributed by atoms with Crippen LogP contribution in [-0.4, -0.2) is 47.4 Å². The van der Waals surface area contributed by atoms with E-state index in [0.717, 1.165) is 12.0 Å². The molecule has 2 heterocycles. The summed E-state index contributed by atoms with van der Waals surface area (Å²) in [4.78, 5) is 11.9. The van der Waals surface area contributed by atoms with Crippen LogP contribution in [0.2, 0.25) is 0 Å². The number of furan rings is 1. The predicted octanol–water partition coefficient (Wildman–Crippen LogP) is 3.20. The highest BCUT2D eigenvalue weighted by Gasteiger charge is 2.71. The van der Waals surface area contributed by atoms with Gasteiger partial charge in [-0.15, -0.1) is 0 Å². The third kappa shape index (κ3) is 2.89. The van der Waals surface area contributed by atoms with Gasteiger partial charge in [-0.2, -0.15) is 0 Å². The minimum Gasteiger partial charge on any atom is -0.472 e. The van der Waals surface area contributed by atoms with Gasteiger partial charge < -0.3 is 28.8 Å². The van der Waals surface area contributed by atoms with Gasteiger partial charge in [0.1, 0.15) is 6.10 Å². The molecule has 3 fully saturated rings. The van der Waals surface area contributed by atoms with Crippen molar-refractivity contribution < 1.29 is 33.6 Å². The zero-order valence-corrected chi connectivity index (χ0v) is 18.5. The topological polar surface area (TPSA) is 98.4 Å². The molecular weight excluding hydrogens is 388 g/mol. The first-order valence-electron chi connectivity index (χ1n) is 10.9. The van der Waals surface area contributed by atoms with E-state index in [1.807, 2.05) is 13.0 Å². The molecular formula is C23H34O7. The van der Waals surface area contributed by atoms with Gasteiger partial charge in [0.2, 0.25) is 0 Å². The Hall–Kier alpha value is -1.41. The number of hydrogen-bond acceptors (Lipinski definition) is 7. The zero-order valence-electron chi connectivity index (χ0n) is 18.5. The van der Waals surface area contributed by atoms with Crippen LogP contribution in [-0.2, 0) is 19.0 Å². The molecule has 1 unspecified atom stereocenters. The standard InChI is InChI=1S/C23H34O7/c1-13-16(29-14(2)24)10-21(3)18(6-7-19(25)22(21,4)26)23(13)11-17(30-20(23)27-5)15-8-9-28-12-15/h8-9,12-13,16-20,25-26H,6-7,10-11H2,1-5H3/t13-,16-,17?,18+,19-,20+,21-,22-,23-/m0/s1. The number of carbonyl (C=O) groups is 1. The minimum atomic E-state index is -1.33. The van der Waals surface area contributed by atoms with Crippen molar-refractivity contribution in [1.82, 2.24) is 0 Å². The fourth-order valence-corrected chi connectivity index (χ4v) is 6.86. The van der Waals surface area contributed by atoms with E-state index in [-0.39, 0.29) is 23.9 Å². The van der Waals surface area contributed by atoms with Gasteiger partial charge in [0.15, 0.2) is 6.29 Å². The van der Waals surface area contributed by atoms with Crippen molar-refractivity contribution in [2.75, 3.05) is 7.11 Å². The second-order valence-electron chi connectivity index (χ2n) is 9.92. The summed E-state index contributed by atoms with van der Waals surface area (Å²) in [5, 5.41) is 22.2. The van der Waals surface area contributed by atoms with Gasteiger partial charge in [-0.3, -0.25) is 4.79 Å². The molecule has 3 aliphatic rings. The Morgan fingerprint density at radius 3 is 2.60 bits per heavy atom. The molecule has 9 atom stereocenters. The average molecular weight is 423 g/mol. The molecule has 0 bridgehead atoms. The molecule has 2 aliphatic carbocycles. The number of aliphatic hydroxyl groups excluding tert-OH is 1. The number of aliphatic hydroxyl groups is 2. The monoisotopic (exact) mass is 422 g/mol. The summed E-state index contributed by atoms with van der Waals surface area (Å²) >= 11 is 0. The molecule has 7 nitrogen and oxygen atoms in total. The quantitative estimate of drug-likeness (QED) is 0.722. The molecule has 30 heavy (non-hydrogen) atoms. The maximum absolute atomic E-state index is 11.9. The van der Waals surface area contributed by atoms with Crippen LogP contribution in [0.3, 0.4) is 0 Å². The molecule has 0 aromatic carbocycles. The van der Waals surface area contributed by atoms with Crippen molar-refractivity contribution in [3.63, 3.8) is 0 Å². The molecule has 0 amide bonds. The Bertz CT molecular complexity index is 775. The van der Waals surface area contributed by atoms with Crippen LogP contribution < -0.4 is 0 Å². The third-order valence-electron chi connectivity index (χ3n) is 8.69. The van der Waals surface area contributed by atoms with E-state index in [0.29, 0.717) is 19.3 Å². The van der Waals surface area contributed by atoms with Crippen LogP contribution in [0.25, 0.3) is 0 Å². The lowest BCUT2D eigenvalue weighted by molar-refractivity contribution is -0.291. The maximum atomic E-state index is 11.9. The van der Waals surface area contributed by atoms with Crippen LogP contribution in [0.5, 0.6) is 0 Å². The Kier molecular flexibility index (Phi) is 5.33. The molecule has 0 radical (unpaired) electrons. The van der Waals surface area contributed by atoms with Crippen molar-refractivity contribution in [3.8, 4) is 0 Å². The lowest BCUT2D eigenvalue weighted by atomic mass is 9.42. The van der Waals surface area contributed by atoms with Gasteiger partial charge >= 0.3 is 5.97 Å². The fourth-order valence-electron chi connectivity index (χ4n) is 6.86. The summed E-state index contributed by atoms with van der Waals surface area (Å²) in [5.74, 6) is -0.376. The fraction of sp³-hybridized carbons (Fsp3) is 0.783. The van der Waals surface area contributed by atoms with Crippen molar-refractivity contribution in [3.05, 3.63) is 24.2 Å². The van der Waals surface area contributed by atoms with Gasteiger partial charge in [0, 0.05) is 36.3 Å². The van der Waals surface area contributed by atoms with E-state index < -0.39 is 34.9 Å². The molecule has 168 valence electrons. The second kappa shape index (κ2) is 7.33. The lowest BCUT2D eigenvalue weighted by Gasteiger charge is -2.65. The largest absolute Gasteiger partial charge is 0.472 e. The highest BCUT2D eigenvalue weighted by atomic mass is 16.7. The first kappa shape index (κ1) is 21.8. The highest BCUT2D eigenvalue weighted by Crippen LogP contribution is 2.69. The predicted molar refractivity (Wildman–Crippen MR) is 107 cm³/mol. The molecule has 2 N–H and O–H groups in total. The smallest absolute Gasteiger partial charge is 0.302 e. The molecule has 1 aromatic heterocycles. The number of carbonyl (C=O) groups excluding carboxylic acids is 1. The molecule has 1 spiro atoms. The van der Waals surface area contributed by atoms with Gasteiger partial charge in [0.25, 0.3) is 0 Å². The summed E-state index contributed by atoms with van der Waals surface area (Å²) in [5.41, 5.74) is -1.55. The zero-order chi connectivity index (χ0) is 21.9. The average Bonchev–Trinajstić information content (AvgIpc) is 3.32. The van der Waals surface area contributed by atoms with E-state index in [1.54, 1.807) is 26.6 Å². The minimum absolute atomic E-state index is 0.0204. The number of esters is 1. The summed E-state index contributed by atoms with van der Waals surface area (Å²) in [7, 11) is 1.64. The Labute approximate surface area is 177 Å². The highest BCUT2D eigenvalue weighted by molar-refractivity contribution is 5.66. The lowest BCUT2D eigenvalue weighted by Crippen LogP contribution is -2.69. The van der Waals surface area contributed by atoms with Gasteiger partial charge in [-0.1, -0.05) is 13.8 Å². The molecule has 1 aromatic rings. The Morgan fingerprint density at radius 1 is 1.27 bits per heavy atom. The molecule has 7 heteroatoms. The molecule has 4 rings (SSSR count). The summed E-state index contributed by atoms with van der Waals surface area (Å²) in [6.07, 6.45) is 3.72. The molecule has 1 saturated heterocycles. The van der Waals surface area contributed by atoms with Crippen molar-refractivity contribution in [1.29, 1.82) is 0 Å². The maximum Gasteiger partial charge on any atom is 0.302 e. The number of rotatable bonds is 3. The Morgan fingerprint density at radius 2 is 2.00 bits per heavy atom. The van der Waals surface area contributed by atoms with Crippen molar-refractivity contribution in [2.24, 2.45) is 22.7 Å². The van der Waals surface area contributed by atoms with Gasteiger partial charge in [-0.05, 0) is 44.6 Å². The van der Waals surface area contributed by atoms with E-state index in [4.69, 9.17) is 18.6 Å². The second-order valence-corrected chi connectivity index (χ2v) is 9.92. The van der Waals surface area contributed by atoms with Crippen LogP contribution in [0.15, 0.2) is 23.0 Å². The number of methoxy groups -OCH3 is 1. The summed E-state index contributed by atoms with van der Waals surface area (Å²) < 4.78 is 23.4. The van der Waals surface area contributed by atoms with E-state index >= 15 is 0 Å². The van der Waals surface area contributed by atoms with Gasteiger partial charge in [-0.25, -0.2) is 0 Å². The van der Waals surface area contributed by atoms with Crippen molar-refractivity contribution in [2.45, 2.75) is 83.6 Å². The van der Waals surface area contributed by atoms with Crippen LogP contribution in [0.1, 0.15) is 65.0 Å². The number of hydrogen-bond donors (Lipinski definition) is 2. The third-order valence-corrected chi connectivity index (χ3v) is 8.69. The first-order valence-corrected chi connectivity index (χ1v) is 10.9. The summed E-state index contributed by atoms with van der Waals surface area (Å²) in [6.45, 7) is 7.24. The van der Waals surface area contributed by atoms with E-state index in [2.05, 4.69) is 6.92 Å². The summed E-state index contributed by atoms with van der Waals surface area (Å²) in [6, 6.07) is 1.90. The van der Waals surface area contributed by atoms with Crippen molar-refractivity contribution >= 4 is 5.97 Å². The van der Waals surface area contributed by atoms with Crippen LogP contribution in [0.4, 0.5) is 0 Å².